The molecule has 0 radical (unpaired) electrons. The molecule has 0 aliphatic carbocycles. The Morgan fingerprint density at radius 3 is 2.47 bits per heavy atom. The van der Waals surface area contributed by atoms with E-state index in [0.29, 0.717) is 17.9 Å². The minimum atomic E-state index is -0.449. The van der Waals surface area contributed by atoms with E-state index in [9.17, 15) is 10.1 Å². The van der Waals surface area contributed by atoms with Crippen LogP contribution in [0.1, 0.15) is 5.56 Å². The van der Waals surface area contributed by atoms with Crippen LogP contribution in [0.2, 0.25) is 0 Å². The molecule has 86 valence electrons. The normalized spacial score (nSPS) is 10.2. The van der Waals surface area contributed by atoms with Crippen LogP contribution in [0.15, 0.2) is 36.7 Å². The second kappa shape index (κ2) is 4.67. The largest absolute Gasteiger partial charge is 0.326 e. The molecule has 0 spiro atoms. The minimum absolute atomic E-state index is 0.00648. The molecule has 1 aromatic heterocycles. The minimum Gasteiger partial charge on any atom is -0.326 e. The lowest BCUT2D eigenvalue weighted by atomic mass is 10.1. The highest BCUT2D eigenvalue weighted by Crippen LogP contribution is 2.26. The van der Waals surface area contributed by atoms with Crippen molar-refractivity contribution in [2.75, 3.05) is 0 Å². The van der Waals surface area contributed by atoms with Crippen molar-refractivity contribution in [3.05, 3.63) is 52.3 Å². The maximum atomic E-state index is 10.8. The van der Waals surface area contributed by atoms with Gasteiger partial charge in [-0.15, -0.1) is 0 Å². The summed E-state index contributed by atoms with van der Waals surface area (Å²) >= 11 is 0. The summed E-state index contributed by atoms with van der Waals surface area (Å²) in [6, 6.07) is 6.36. The van der Waals surface area contributed by atoms with E-state index in [0.717, 1.165) is 5.56 Å². The average molecular weight is 230 g/mol. The van der Waals surface area contributed by atoms with Crippen LogP contribution < -0.4 is 5.73 Å². The zero-order valence-electron chi connectivity index (χ0n) is 8.91. The van der Waals surface area contributed by atoms with Gasteiger partial charge in [-0.1, -0.05) is 12.1 Å². The van der Waals surface area contributed by atoms with Gasteiger partial charge in [0, 0.05) is 30.6 Å². The average Bonchev–Trinajstić information content (AvgIpc) is 2.39. The van der Waals surface area contributed by atoms with Crippen LogP contribution in [0.4, 0.5) is 5.69 Å². The van der Waals surface area contributed by atoms with Gasteiger partial charge in [-0.25, -0.2) is 9.97 Å². The molecule has 6 nitrogen and oxygen atoms in total. The van der Waals surface area contributed by atoms with Crippen molar-refractivity contribution >= 4 is 5.69 Å². The SMILES string of the molecule is NCc1cnc(-c2ccccc2[N+](=O)[O-])nc1. The van der Waals surface area contributed by atoms with Gasteiger partial charge < -0.3 is 5.73 Å². The van der Waals surface area contributed by atoms with Crippen LogP contribution in [-0.2, 0) is 6.54 Å². The van der Waals surface area contributed by atoms with Gasteiger partial charge in [-0.3, -0.25) is 10.1 Å². The Balaban J connectivity index is 2.48. The van der Waals surface area contributed by atoms with E-state index in [1.165, 1.54) is 6.07 Å². The van der Waals surface area contributed by atoms with Crippen molar-refractivity contribution in [3.63, 3.8) is 0 Å². The van der Waals surface area contributed by atoms with Crippen molar-refractivity contribution in [1.29, 1.82) is 0 Å². The molecule has 2 aromatic rings. The Kier molecular flexibility index (Phi) is 3.06. The Morgan fingerprint density at radius 2 is 1.88 bits per heavy atom. The summed E-state index contributed by atoms with van der Waals surface area (Å²) in [5, 5.41) is 10.8. The Bertz CT molecular complexity index is 539. The van der Waals surface area contributed by atoms with Crippen LogP contribution in [0.3, 0.4) is 0 Å². The molecule has 0 atom stereocenters. The molecule has 1 heterocycles. The number of nitrogens with two attached hydrogens (primary N) is 1. The number of rotatable bonds is 3. The maximum absolute atomic E-state index is 10.8. The van der Waals surface area contributed by atoms with Gasteiger partial charge in [0.25, 0.3) is 5.69 Å². The van der Waals surface area contributed by atoms with E-state index in [4.69, 9.17) is 5.73 Å². The first-order chi connectivity index (χ1) is 8.22. The molecule has 0 unspecified atom stereocenters. The van der Waals surface area contributed by atoms with Gasteiger partial charge in [-0.05, 0) is 6.07 Å². The molecule has 0 bridgehead atoms. The molecule has 2 rings (SSSR count). The monoisotopic (exact) mass is 230 g/mol. The van der Waals surface area contributed by atoms with Gasteiger partial charge in [0.2, 0.25) is 0 Å². The highest BCUT2D eigenvalue weighted by atomic mass is 16.6. The van der Waals surface area contributed by atoms with E-state index in [2.05, 4.69) is 9.97 Å². The number of nitro groups is 1. The fourth-order valence-corrected chi connectivity index (χ4v) is 1.42. The number of nitro benzene ring substituents is 1. The lowest BCUT2D eigenvalue weighted by Gasteiger charge is -2.02. The zero-order valence-corrected chi connectivity index (χ0v) is 8.91. The lowest BCUT2D eigenvalue weighted by Crippen LogP contribution is -2.00. The zero-order chi connectivity index (χ0) is 12.3. The molecular formula is C11H10N4O2. The fraction of sp³-hybridized carbons (Fsp3) is 0.0909. The molecule has 0 saturated heterocycles. The van der Waals surface area contributed by atoms with E-state index in [1.807, 2.05) is 0 Å². The van der Waals surface area contributed by atoms with Crippen LogP contribution in [0.25, 0.3) is 11.4 Å². The number of nitrogens with zero attached hydrogens (tertiary/aromatic N) is 3. The van der Waals surface area contributed by atoms with Crippen molar-refractivity contribution in [3.8, 4) is 11.4 Å². The number of hydrogen-bond donors (Lipinski definition) is 1. The smallest absolute Gasteiger partial charge is 0.280 e. The van der Waals surface area contributed by atoms with Crippen LogP contribution in [0, 0.1) is 10.1 Å². The van der Waals surface area contributed by atoms with Crippen molar-refractivity contribution in [2.45, 2.75) is 6.54 Å². The number of para-hydroxylation sites is 1. The van der Waals surface area contributed by atoms with Gasteiger partial charge in [0.15, 0.2) is 5.82 Å². The van der Waals surface area contributed by atoms with Crippen molar-refractivity contribution in [2.24, 2.45) is 5.73 Å². The predicted octanol–water partition coefficient (Wildman–Crippen LogP) is 1.51. The molecule has 0 amide bonds. The quantitative estimate of drug-likeness (QED) is 0.637. The second-order valence-corrected chi connectivity index (χ2v) is 3.39. The number of aromatic nitrogens is 2. The molecule has 0 fully saturated rings. The Labute approximate surface area is 97.3 Å². The number of hydrogen-bond acceptors (Lipinski definition) is 5. The number of benzene rings is 1. The third-order valence-electron chi connectivity index (χ3n) is 2.28. The van der Waals surface area contributed by atoms with E-state index in [1.54, 1.807) is 30.6 Å². The summed E-state index contributed by atoms with van der Waals surface area (Å²) < 4.78 is 0. The van der Waals surface area contributed by atoms with Gasteiger partial charge in [0.05, 0.1) is 10.5 Å². The molecule has 0 aliphatic rings. The predicted molar refractivity (Wildman–Crippen MR) is 62.0 cm³/mol. The highest BCUT2D eigenvalue weighted by Gasteiger charge is 2.15. The summed E-state index contributed by atoms with van der Waals surface area (Å²) in [4.78, 5) is 18.5. The highest BCUT2D eigenvalue weighted by molar-refractivity contribution is 5.67. The van der Waals surface area contributed by atoms with Crippen LogP contribution in [-0.4, -0.2) is 14.9 Å². The van der Waals surface area contributed by atoms with E-state index >= 15 is 0 Å². The Morgan fingerprint density at radius 1 is 1.24 bits per heavy atom. The first kappa shape index (κ1) is 11.2. The summed E-state index contributed by atoms with van der Waals surface area (Å²) in [7, 11) is 0. The van der Waals surface area contributed by atoms with Crippen molar-refractivity contribution in [1.82, 2.24) is 9.97 Å². The lowest BCUT2D eigenvalue weighted by molar-refractivity contribution is -0.384. The van der Waals surface area contributed by atoms with Gasteiger partial charge >= 0.3 is 0 Å². The summed E-state index contributed by atoms with van der Waals surface area (Å²) in [5.74, 6) is 0.328. The summed E-state index contributed by atoms with van der Waals surface area (Å²) in [5.41, 5.74) is 6.61. The van der Waals surface area contributed by atoms with Crippen LogP contribution >= 0.6 is 0 Å². The molecule has 6 heteroatoms. The van der Waals surface area contributed by atoms with E-state index < -0.39 is 4.92 Å². The standard InChI is InChI=1S/C11H10N4O2/c12-5-8-6-13-11(14-7-8)9-3-1-2-4-10(9)15(16)17/h1-4,6-7H,5,12H2. The summed E-state index contributed by atoms with van der Waals surface area (Å²) in [6.07, 6.45) is 3.14. The summed E-state index contributed by atoms with van der Waals surface area (Å²) in [6.45, 7) is 0.344. The third kappa shape index (κ3) is 2.26. The van der Waals surface area contributed by atoms with Gasteiger partial charge in [-0.2, -0.15) is 0 Å². The fourth-order valence-electron chi connectivity index (χ4n) is 1.42. The van der Waals surface area contributed by atoms with Crippen LogP contribution in [0.5, 0.6) is 0 Å². The molecule has 17 heavy (non-hydrogen) atoms. The van der Waals surface area contributed by atoms with Gasteiger partial charge in [0.1, 0.15) is 0 Å². The van der Waals surface area contributed by atoms with E-state index in [-0.39, 0.29) is 5.69 Å². The first-order valence-corrected chi connectivity index (χ1v) is 4.97. The molecule has 2 N–H and O–H groups in total. The molecule has 1 aromatic carbocycles. The third-order valence-corrected chi connectivity index (χ3v) is 2.28. The Hall–Kier alpha value is -2.34. The second-order valence-electron chi connectivity index (χ2n) is 3.39. The molecular weight excluding hydrogens is 220 g/mol. The topological polar surface area (TPSA) is 94.9 Å². The first-order valence-electron chi connectivity index (χ1n) is 4.97. The maximum Gasteiger partial charge on any atom is 0.280 e. The van der Waals surface area contributed by atoms with Crippen molar-refractivity contribution < 1.29 is 4.92 Å². The molecule has 0 aliphatic heterocycles. The molecule has 0 saturated carbocycles.